The number of ether oxygens (including phenoxy) is 8. The molecule has 0 radical (unpaired) electrons. The fourth-order valence-corrected chi connectivity index (χ4v) is 12.0. The number of hydrogen-bond acceptors (Lipinski definition) is 17. The van der Waals surface area contributed by atoms with E-state index in [1.165, 1.54) is 62.3 Å². The summed E-state index contributed by atoms with van der Waals surface area (Å²) < 4.78 is 46.4. The van der Waals surface area contributed by atoms with Gasteiger partial charge >= 0.3 is 35.9 Å². The second-order valence-electron chi connectivity index (χ2n) is 29.0. The van der Waals surface area contributed by atoms with Crippen molar-refractivity contribution >= 4 is 53.7 Å². The molecule has 3 aromatic rings. The number of hydrogen-bond donors (Lipinski definition) is 0. The lowest BCUT2D eigenvalue weighted by atomic mass is 9.90. The predicted octanol–water partition coefficient (Wildman–Crippen LogP) is 11.4. The zero-order chi connectivity index (χ0) is 71.8. The molecule has 0 aliphatic carbocycles. The first-order valence-corrected chi connectivity index (χ1v) is 34.9. The predicted molar refractivity (Wildman–Crippen MR) is 367 cm³/mol. The van der Waals surface area contributed by atoms with Crippen LogP contribution in [0.3, 0.4) is 0 Å². The van der Waals surface area contributed by atoms with Crippen LogP contribution in [0.25, 0.3) is 0 Å². The highest BCUT2D eigenvalue weighted by molar-refractivity contribution is 5.93. The zero-order valence-corrected chi connectivity index (χ0v) is 60.8. The van der Waals surface area contributed by atoms with Gasteiger partial charge in [0.15, 0.2) is 24.4 Å². The molecule has 2 heterocycles. The standard InChI is InChI=1S/C76H112N4O17/c1-48(2)43-61(78(15)69(83)66(34-28-55-25-31-58(32-26-55)60-37-41-91-42-38-60)96-74(88)64(46-51(7)8)80(17)75(89)97-76(11,12)13)71(85)93-52(9)67(81)77(14)63(45-50(5)6)73(87)95-65(33-27-54-23-29-57(30-24-54)59-35-39-90-40-36-59)68(82)79(16)62(44-49(3)4)72(86)94-53(10)70(84)92-47-56-21-19-18-20-22-56/h18-26,29-32,48-53,59-66H,27-28,33-47H2,1-17H3/t52-,53-,61+,62+,63+,64+,65-,66-/m1/s1. The molecule has 538 valence electrons. The van der Waals surface area contributed by atoms with Crippen LogP contribution in [0.2, 0.25) is 0 Å². The van der Waals surface area contributed by atoms with Crippen molar-refractivity contribution in [1.29, 1.82) is 0 Å². The van der Waals surface area contributed by atoms with E-state index >= 15 is 9.59 Å². The molecule has 3 aromatic carbocycles. The first-order chi connectivity index (χ1) is 45.7. The molecule has 0 N–H and O–H groups in total. The van der Waals surface area contributed by atoms with Gasteiger partial charge in [-0.25, -0.2) is 28.8 Å². The molecule has 2 saturated heterocycles. The zero-order valence-electron chi connectivity index (χ0n) is 60.8. The number of likely N-dealkylation sites (N-methyl/N-ethyl adjacent to an activating group) is 4. The van der Waals surface area contributed by atoms with E-state index in [1.807, 2.05) is 97.9 Å². The molecule has 21 nitrogen and oxygen atoms in total. The SMILES string of the molecule is CC(C)C[C@@H](C(=O)O[C@H](CCc1ccc(C2CCOCC2)cc1)C(=O)N(C)[C@@H](CC(C)C)C(=O)O[C@H](C)C(=O)N(C)[C@@H](CC(C)C)C(=O)O[C@H](CCc1ccc(C2CCOCC2)cc1)C(=O)N(C)[C@@H](CC(C)C)C(=O)O[C@H](C)C(=O)OCc1ccccc1)N(C)C(=O)OC(C)(C)C. The van der Waals surface area contributed by atoms with Gasteiger partial charge in [-0.05, 0) is 175 Å². The Balaban J connectivity index is 1.40. The lowest BCUT2D eigenvalue weighted by Gasteiger charge is -2.34. The van der Waals surface area contributed by atoms with Gasteiger partial charge in [0.2, 0.25) is 0 Å². The number of nitrogens with zero attached hydrogens (tertiary/aromatic N) is 4. The summed E-state index contributed by atoms with van der Waals surface area (Å²) in [5.41, 5.74) is 3.95. The van der Waals surface area contributed by atoms with Crippen molar-refractivity contribution in [3.8, 4) is 0 Å². The maximum absolute atomic E-state index is 15.1. The molecule has 2 aliphatic rings. The summed E-state index contributed by atoms with van der Waals surface area (Å²) >= 11 is 0. The van der Waals surface area contributed by atoms with Crippen LogP contribution in [0.4, 0.5) is 4.79 Å². The van der Waals surface area contributed by atoms with Crippen LogP contribution in [0.15, 0.2) is 78.9 Å². The Hall–Kier alpha value is -7.39. The second-order valence-corrected chi connectivity index (χ2v) is 29.0. The number of aryl methyl sites for hydroxylation is 2. The Morgan fingerprint density at radius 2 is 0.763 bits per heavy atom. The smallest absolute Gasteiger partial charge is 0.410 e. The van der Waals surface area contributed by atoms with Crippen molar-refractivity contribution < 1.29 is 81.0 Å². The number of esters is 5. The average Bonchev–Trinajstić information content (AvgIpc) is 0.847. The molecule has 0 saturated carbocycles. The van der Waals surface area contributed by atoms with Gasteiger partial charge in [-0.2, -0.15) is 0 Å². The van der Waals surface area contributed by atoms with Crippen LogP contribution in [0, 0.1) is 23.7 Å². The molecule has 4 amide bonds. The minimum absolute atomic E-state index is 0.0114. The van der Waals surface area contributed by atoms with Crippen molar-refractivity contribution in [2.45, 2.75) is 240 Å². The molecule has 97 heavy (non-hydrogen) atoms. The highest BCUT2D eigenvalue weighted by Crippen LogP contribution is 2.30. The molecule has 2 fully saturated rings. The van der Waals surface area contributed by atoms with Crippen LogP contribution >= 0.6 is 0 Å². The van der Waals surface area contributed by atoms with Crippen LogP contribution in [-0.2, 0) is 95.7 Å². The van der Waals surface area contributed by atoms with Crippen molar-refractivity contribution in [2.75, 3.05) is 54.6 Å². The monoisotopic (exact) mass is 1350 g/mol. The third kappa shape index (κ3) is 25.8. The summed E-state index contributed by atoms with van der Waals surface area (Å²) in [5, 5.41) is 0. The van der Waals surface area contributed by atoms with Gasteiger partial charge in [-0.3, -0.25) is 19.3 Å². The van der Waals surface area contributed by atoms with Gasteiger partial charge < -0.3 is 52.6 Å². The summed E-state index contributed by atoms with van der Waals surface area (Å²) in [6, 6.07) is 20.2. The van der Waals surface area contributed by atoms with Crippen LogP contribution in [0.1, 0.15) is 194 Å². The van der Waals surface area contributed by atoms with E-state index in [0.29, 0.717) is 44.7 Å². The molecule has 2 aliphatic heterocycles. The lowest BCUT2D eigenvalue weighted by Crippen LogP contribution is -2.53. The van der Waals surface area contributed by atoms with Gasteiger partial charge in [-0.1, -0.05) is 134 Å². The lowest BCUT2D eigenvalue weighted by molar-refractivity contribution is -0.176. The maximum Gasteiger partial charge on any atom is 0.410 e. The fourth-order valence-electron chi connectivity index (χ4n) is 12.0. The van der Waals surface area contributed by atoms with E-state index in [0.717, 1.165) is 52.8 Å². The third-order valence-corrected chi connectivity index (χ3v) is 17.8. The van der Waals surface area contributed by atoms with Gasteiger partial charge in [0.25, 0.3) is 17.7 Å². The Kier molecular flexibility index (Phi) is 32.0. The largest absolute Gasteiger partial charge is 0.458 e. The summed E-state index contributed by atoms with van der Waals surface area (Å²) in [4.78, 5) is 134. The molecular weight excluding hydrogens is 1240 g/mol. The minimum atomic E-state index is -1.52. The van der Waals surface area contributed by atoms with Crippen molar-refractivity contribution in [1.82, 2.24) is 19.6 Å². The summed E-state index contributed by atoms with van der Waals surface area (Å²) in [5.74, 6) is -6.48. The van der Waals surface area contributed by atoms with E-state index in [2.05, 4.69) is 24.3 Å². The molecule has 0 bridgehead atoms. The fraction of sp³-hybridized carbons (Fsp3) is 0.645. The third-order valence-electron chi connectivity index (χ3n) is 17.8. The summed E-state index contributed by atoms with van der Waals surface area (Å²) in [6.07, 6.45) is -1.90. The number of rotatable bonds is 34. The van der Waals surface area contributed by atoms with E-state index < -0.39 is 108 Å². The van der Waals surface area contributed by atoms with Crippen LogP contribution in [-0.4, -0.2) is 182 Å². The molecule has 0 spiro atoms. The van der Waals surface area contributed by atoms with E-state index in [4.69, 9.17) is 37.9 Å². The first kappa shape index (κ1) is 80.3. The first-order valence-electron chi connectivity index (χ1n) is 34.9. The average molecular weight is 1350 g/mol. The van der Waals surface area contributed by atoms with Gasteiger partial charge in [0, 0.05) is 54.6 Å². The van der Waals surface area contributed by atoms with Crippen LogP contribution in [0.5, 0.6) is 0 Å². The van der Waals surface area contributed by atoms with Crippen molar-refractivity contribution in [3.63, 3.8) is 0 Å². The Morgan fingerprint density at radius 3 is 1.12 bits per heavy atom. The number of benzene rings is 3. The van der Waals surface area contributed by atoms with Gasteiger partial charge in [-0.15, -0.1) is 0 Å². The summed E-state index contributed by atoms with van der Waals surface area (Å²) in [7, 11) is 5.68. The van der Waals surface area contributed by atoms with Crippen molar-refractivity contribution in [3.05, 3.63) is 107 Å². The van der Waals surface area contributed by atoms with Crippen LogP contribution < -0.4 is 0 Å². The van der Waals surface area contributed by atoms with E-state index in [-0.39, 0.29) is 75.2 Å². The quantitative estimate of drug-likeness (QED) is 0.0399. The molecule has 21 heteroatoms. The number of carbonyl (C=O) groups is 9. The Morgan fingerprint density at radius 1 is 0.423 bits per heavy atom. The van der Waals surface area contributed by atoms with Gasteiger partial charge in [0.05, 0.1) is 0 Å². The molecule has 8 atom stereocenters. The topological polar surface area (TPSA) is 240 Å². The highest BCUT2D eigenvalue weighted by atomic mass is 16.6. The van der Waals surface area contributed by atoms with E-state index in [1.54, 1.807) is 32.9 Å². The van der Waals surface area contributed by atoms with Crippen molar-refractivity contribution in [2.24, 2.45) is 23.7 Å². The Bertz CT molecular complexity index is 3010. The molecule has 5 rings (SSSR count). The number of amides is 4. The summed E-state index contributed by atoms with van der Waals surface area (Å²) in [6.45, 7) is 25.5. The minimum Gasteiger partial charge on any atom is -0.458 e. The second kappa shape index (κ2) is 38.7. The molecular formula is C76H112N4O17. The highest BCUT2D eigenvalue weighted by Gasteiger charge is 2.42. The van der Waals surface area contributed by atoms with Gasteiger partial charge in [0.1, 0.15) is 36.4 Å². The maximum atomic E-state index is 15.1. The number of carbonyl (C=O) groups excluding carboxylic acids is 9. The molecule has 0 unspecified atom stereocenters. The Labute approximate surface area is 576 Å². The normalized spacial score (nSPS) is 16.4. The van der Waals surface area contributed by atoms with E-state index in [9.17, 15) is 33.6 Å². The molecule has 0 aromatic heterocycles.